The Balaban J connectivity index is 2.03. The predicted molar refractivity (Wildman–Crippen MR) is 64.4 cm³/mol. The number of carbonyl (C=O) groups excluding carboxylic acids is 1. The molecule has 0 aliphatic rings. The Morgan fingerprint density at radius 3 is 2.69 bits per heavy atom. The van der Waals surface area contributed by atoms with Crippen molar-refractivity contribution < 1.29 is 4.79 Å². The van der Waals surface area contributed by atoms with E-state index in [2.05, 4.69) is 9.69 Å². The van der Waals surface area contributed by atoms with Crippen molar-refractivity contribution in [1.82, 2.24) is 9.69 Å². The molecule has 0 bridgehead atoms. The second-order valence-electron chi connectivity index (χ2n) is 3.48. The van der Waals surface area contributed by atoms with Crippen LogP contribution >= 0.6 is 11.5 Å². The highest BCUT2D eigenvalue weighted by Gasteiger charge is 2.11. The van der Waals surface area contributed by atoms with Gasteiger partial charge < -0.3 is 5.32 Å². The predicted octanol–water partition coefficient (Wildman–Crippen LogP) is 2.63. The Kier molecular flexibility index (Phi) is 3.31. The molecule has 4 heteroatoms. The molecule has 0 saturated carbocycles. The van der Waals surface area contributed by atoms with E-state index >= 15 is 0 Å². The van der Waals surface area contributed by atoms with Gasteiger partial charge in [0.1, 0.15) is 4.88 Å². The number of nitrogens with one attached hydrogen (secondary N) is 1. The highest BCUT2D eigenvalue weighted by Crippen LogP contribution is 2.13. The number of hydrogen-bond acceptors (Lipinski definition) is 3. The molecule has 0 saturated heterocycles. The molecule has 3 nitrogen and oxygen atoms in total. The van der Waals surface area contributed by atoms with Gasteiger partial charge in [0.05, 0.1) is 6.04 Å². The molecule has 1 heterocycles. The molecule has 1 unspecified atom stereocenters. The van der Waals surface area contributed by atoms with E-state index in [0.717, 1.165) is 5.56 Å². The Morgan fingerprint density at radius 2 is 2.06 bits per heavy atom. The Labute approximate surface area is 98.3 Å². The topological polar surface area (TPSA) is 42.0 Å². The molecule has 0 aliphatic heterocycles. The summed E-state index contributed by atoms with van der Waals surface area (Å²) < 4.78 is 3.90. The van der Waals surface area contributed by atoms with Gasteiger partial charge >= 0.3 is 0 Å². The van der Waals surface area contributed by atoms with E-state index in [0.29, 0.717) is 4.88 Å². The molecule has 1 atom stereocenters. The first-order valence-corrected chi connectivity index (χ1v) is 5.81. The summed E-state index contributed by atoms with van der Waals surface area (Å²) in [5.74, 6) is -0.0705. The Morgan fingerprint density at radius 1 is 1.31 bits per heavy atom. The largest absolute Gasteiger partial charge is 0.345 e. The first-order valence-electron chi connectivity index (χ1n) is 5.04. The molecule has 0 spiro atoms. The molecule has 1 aromatic heterocycles. The Bertz CT molecular complexity index is 453. The van der Waals surface area contributed by atoms with Gasteiger partial charge in [-0.2, -0.15) is 0 Å². The maximum Gasteiger partial charge on any atom is 0.263 e. The minimum absolute atomic E-state index is 0.01000. The van der Waals surface area contributed by atoms with Crippen molar-refractivity contribution in [3.63, 3.8) is 0 Å². The molecule has 0 fully saturated rings. The van der Waals surface area contributed by atoms with Gasteiger partial charge in [-0.25, -0.2) is 4.37 Å². The molecule has 82 valence electrons. The zero-order valence-electron chi connectivity index (χ0n) is 8.88. The van der Waals surface area contributed by atoms with Gasteiger partial charge in [-0.1, -0.05) is 30.3 Å². The molecule has 1 N–H and O–H groups in total. The van der Waals surface area contributed by atoms with E-state index in [4.69, 9.17) is 0 Å². The molecule has 0 aliphatic carbocycles. The lowest BCUT2D eigenvalue weighted by Crippen LogP contribution is -2.25. The fourth-order valence-electron chi connectivity index (χ4n) is 1.43. The number of aromatic nitrogens is 1. The van der Waals surface area contributed by atoms with Crippen LogP contribution in [0.5, 0.6) is 0 Å². The quantitative estimate of drug-likeness (QED) is 0.884. The van der Waals surface area contributed by atoms with E-state index in [1.165, 1.54) is 11.5 Å². The summed E-state index contributed by atoms with van der Waals surface area (Å²) in [6.45, 7) is 1.97. The monoisotopic (exact) mass is 232 g/mol. The van der Waals surface area contributed by atoms with Gasteiger partial charge in [-0.15, -0.1) is 0 Å². The third kappa shape index (κ3) is 2.46. The van der Waals surface area contributed by atoms with Gasteiger partial charge in [0.2, 0.25) is 0 Å². The first-order chi connectivity index (χ1) is 7.77. The second-order valence-corrected chi connectivity index (χ2v) is 4.32. The van der Waals surface area contributed by atoms with Crippen molar-refractivity contribution >= 4 is 17.4 Å². The van der Waals surface area contributed by atoms with Gasteiger partial charge in [-0.3, -0.25) is 4.79 Å². The van der Waals surface area contributed by atoms with Crippen molar-refractivity contribution in [1.29, 1.82) is 0 Å². The zero-order chi connectivity index (χ0) is 11.4. The van der Waals surface area contributed by atoms with Crippen molar-refractivity contribution in [2.75, 3.05) is 0 Å². The van der Waals surface area contributed by atoms with E-state index in [1.807, 2.05) is 37.3 Å². The SMILES string of the molecule is CC(NC(=O)c1ccns1)c1ccccc1. The molecule has 1 aromatic carbocycles. The van der Waals surface area contributed by atoms with Crippen LogP contribution < -0.4 is 5.32 Å². The molecule has 0 radical (unpaired) electrons. The second kappa shape index (κ2) is 4.90. The summed E-state index contributed by atoms with van der Waals surface area (Å²) in [6, 6.07) is 11.6. The fraction of sp³-hybridized carbons (Fsp3) is 0.167. The summed E-state index contributed by atoms with van der Waals surface area (Å²) in [7, 11) is 0. The number of nitrogens with zero attached hydrogens (tertiary/aromatic N) is 1. The molecule has 16 heavy (non-hydrogen) atoms. The van der Waals surface area contributed by atoms with Crippen LogP contribution in [0, 0.1) is 0 Å². The van der Waals surface area contributed by atoms with Crippen molar-refractivity contribution in [3.8, 4) is 0 Å². The average Bonchev–Trinajstić information content (AvgIpc) is 2.83. The fourth-order valence-corrected chi connectivity index (χ4v) is 1.92. The maximum absolute atomic E-state index is 11.7. The van der Waals surface area contributed by atoms with Crippen LogP contribution in [0.25, 0.3) is 0 Å². The third-order valence-electron chi connectivity index (χ3n) is 2.31. The standard InChI is InChI=1S/C12H12N2OS/c1-9(10-5-3-2-4-6-10)14-12(15)11-7-8-13-16-11/h2-9H,1H3,(H,14,15). The highest BCUT2D eigenvalue weighted by atomic mass is 32.1. The summed E-state index contributed by atoms with van der Waals surface area (Å²) in [4.78, 5) is 12.4. The zero-order valence-corrected chi connectivity index (χ0v) is 9.70. The number of hydrogen-bond donors (Lipinski definition) is 1. The lowest BCUT2D eigenvalue weighted by atomic mass is 10.1. The van der Waals surface area contributed by atoms with Crippen molar-refractivity contribution in [3.05, 3.63) is 53.0 Å². The summed E-state index contributed by atoms with van der Waals surface area (Å²) in [5.41, 5.74) is 1.10. The molecule has 1 amide bonds. The highest BCUT2D eigenvalue weighted by molar-refractivity contribution is 7.08. The first kappa shape index (κ1) is 10.8. The van der Waals surface area contributed by atoms with Crippen LogP contribution in [-0.4, -0.2) is 10.3 Å². The number of rotatable bonds is 3. The lowest BCUT2D eigenvalue weighted by Gasteiger charge is -2.13. The maximum atomic E-state index is 11.7. The van der Waals surface area contributed by atoms with E-state index in [9.17, 15) is 4.79 Å². The van der Waals surface area contributed by atoms with Gasteiger partial charge in [-0.05, 0) is 30.1 Å². The van der Waals surface area contributed by atoms with E-state index < -0.39 is 0 Å². The van der Waals surface area contributed by atoms with E-state index in [1.54, 1.807) is 12.3 Å². The average molecular weight is 232 g/mol. The van der Waals surface area contributed by atoms with Gasteiger partial charge in [0, 0.05) is 6.20 Å². The van der Waals surface area contributed by atoms with Gasteiger partial charge in [0.25, 0.3) is 5.91 Å². The van der Waals surface area contributed by atoms with Crippen LogP contribution in [0.15, 0.2) is 42.6 Å². The van der Waals surface area contributed by atoms with Crippen LogP contribution in [0.2, 0.25) is 0 Å². The summed E-state index contributed by atoms with van der Waals surface area (Å²) in [5, 5.41) is 2.93. The molecule has 2 aromatic rings. The molecular weight excluding hydrogens is 220 g/mol. The van der Waals surface area contributed by atoms with Crippen LogP contribution in [0.4, 0.5) is 0 Å². The van der Waals surface area contributed by atoms with E-state index in [-0.39, 0.29) is 11.9 Å². The number of benzene rings is 1. The van der Waals surface area contributed by atoms with Gasteiger partial charge in [0.15, 0.2) is 0 Å². The lowest BCUT2D eigenvalue weighted by molar-refractivity contribution is 0.0944. The van der Waals surface area contributed by atoms with Crippen LogP contribution in [0.1, 0.15) is 28.2 Å². The minimum atomic E-state index is -0.0705. The van der Waals surface area contributed by atoms with Crippen molar-refractivity contribution in [2.45, 2.75) is 13.0 Å². The minimum Gasteiger partial charge on any atom is -0.345 e. The summed E-state index contributed by atoms with van der Waals surface area (Å²) in [6.07, 6.45) is 1.63. The number of amides is 1. The smallest absolute Gasteiger partial charge is 0.263 e. The third-order valence-corrected chi connectivity index (χ3v) is 3.05. The Hall–Kier alpha value is -1.68. The summed E-state index contributed by atoms with van der Waals surface area (Å²) >= 11 is 1.21. The van der Waals surface area contributed by atoms with Crippen LogP contribution in [-0.2, 0) is 0 Å². The van der Waals surface area contributed by atoms with Crippen molar-refractivity contribution in [2.24, 2.45) is 0 Å². The molecular formula is C12H12N2OS. The molecule has 2 rings (SSSR count). The normalized spacial score (nSPS) is 12.1. The number of carbonyl (C=O) groups is 1. The van der Waals surface area contributed by atoms with Crippen LogP contribution in [0.3, 0.4) is 0 Å².